The van der Waals surface area contributed by atoms with Gasteiger partial charge in [-0.15, -0.1) is 0 Å². The summed E-state index contributed by atoms with van der Waals surface area (Å²) in [5.74, 6) is 0.0840. The molecule has 0 aliphatic carbocycles. The van der Waals surface area contributed by atoms with E-state index in [1.807, 2.05) is 0 Å². The number of hydrogen-bond donors (Lipinski definition) is 2. The molecule has 80 valence electrons. The number of nitrogens with one attached hydrogen (secondary N) is 1. The molecule has 1 aromatic carbocycles. The van der Waals surface area contributed by atoms with Crippen LogP contribution in [0, 0.1) is 0 Å². The minimum absolute atomic E-state index is 0.0840. The van der Waals surface area contributed by atoms with Gasteiger partial charge >= 0.3 is 5.69 Å². The summed E-state index contributed by atoms with van der Waals surface area (Å²) in [5.41, 5.74) is 0.930. The van der Waals surface area contributed by atoms with Crippen molar-refractivity contribution in [2.75, 3.05) is 13.7 Å². The molecule has 0 saturated heterocycles. The minimum atomic E-state index is -0.233. The summed E-state index contributed by atoms with van der Waals surface area (Å²) in [5, 5.41) is 9.52. The van der Waals surface area contributed by atoms with E-state index in [2.05, 4.69) is 4.98 Å². The minimum Gasteiger partial charge on any atom is -0.506 e. The Labute approximate surface area is 85.9 Å². The molecule has 0 aliphatic heterocycles. The van der Waals surface area contributed by atoms with Crippen molar-refractivity contribution < 1.29 is 9.84 Å². The number of rotatable bonds is 3. The van der Waals surface area contributed by atoms with Crippen LogP contribution in [0.4, 0.5) is 0 Å². The summed E-state index contributed by atoms with van der Waals surface area (Å²) in [6.45, 7) is 0.932. The van der Waals surface area contributed by atoms with Crippen LogP contribution in [-0.4, -0.2) is 28.4 Å². The Balaban J connectivity index is 2.58. The number of aromatic amines is 1. The molecule has 0 radical (unpaired) electrons. The Morgan fingerprint density at radius 1 is 1.53 bits per heavy atom. The Morgan fingerprint density at radius 3 is 3.07 bits per heavy atom. The van der Waals surface area contributed by atoms with Crippen LogP contribution in [0.2, 0.25) is 0 Å². The van der Waals surface area contributed by atoms with Crippen molar-refractivity contribution in [3.05, 3.63) is 28.7 Å². The largest absolute Gasteiger partial charge is 0.506 e. The van der Waals surface area contributed by atoms with Crippen molar-refractivity contribution >= 4 is 11.0 Å². The number of ether oxygens (including phenoxy) is 1. The first kappa shape index (κ1) is 9.79. The number of phenols is 1. The number of nitrogens with zero attached hydrogens (tertiary/aromatic N) is 1. The van der Waals surface area contributed by atoms with E-state index in [9.17, 15) is 9.90 Å². The molecule has 5 nitrogen and oxygen atoms in total. The van der Waals surface area contributed by atoms with E-state index in [-0.39, 0.29) is 11.4 Å². The van der Waals surface area contributed by atoms with Gasteiger partial charge < -0.3 is 14.8 Å². The van der Waals surface area contributed by atoms with Crippen LogP contribution in [0.3, 0.4) is 0 Å². The van der Waals surface area contributed by atoms with Gasteiger partial charge in [-0.05, 0) is 12.1 Å². The number of imidazole rings is 1. The number of methoxy groups -OCH3 is 1. The first-order chi connectivity index (χ1) is 7.24. The molecule has 0 aliphatic rings. The molecule has 2 aromatic rings. The SMILES string of the molecule is COCCn1c(=O)[nH]c2c(O)cccc21. The number of H-pyrrole nitrogens is 1. The molecule has 0 spiro atoms. The van der Waals surface area contributed by atoms with Gasteiger partial charge in [0.05, 0.1) is 18.7 Å². The molecule has 0 unspecified atom stereocenters. The van der Waals surface area contributed by atoms with Crippen molar-refractivity contribution in [2.24, 2.45) is 0 Å². The highest BCUT2D eigenvalue weighted by Crippen LogP contribution is 2.20. The molecule has 1 aromatic heterocycles. The van der Waals surface area contributed by atoms with Crippen LogP contribution in [-0.2, 0) is 11.3 Å². The molecular formula is C10H12N2O3. The van der Waals surface area contributed by atoms with Crippen molar-refractivity contribution in [1.82, 2.24) is 9.55 Å². The monoisotopic (exact) mass is 208 g/mol. The van der Waals surface area contributed by atoms with Crippen LogP contribution < -0.4 is 5.69 Å². The molecule has 2 rings (SSSR count). The van der Waals surface area contributed by atoms with E-state index in [0.717, 1.165) is 0 Å². The van der Waals surface area contributed by atoms with E-state index in [4.69, 9.17) is 4.74 Å². The second-order valence-corrected chi connectivity index (χ2v) is 3.25. The third kappa shape index (κ3) is 1.61. The fourth-order valence-corrected chi connectivity index (χ4v) is 1.57. The molecule has 0 fully saturated rings. The predicted octanol–water partition coefficient (Wildman–Crippen LogP) is 0.682. The van der Waals surface area contributed by atoms with E-state index >= 15 is 0 Å². The third-order valence-corrected chi connectivity index (χ3v) is 2.31. The Hall–Kier alpha value is -1.75. The van der Waals surface area contributed by atoms with Crippen molar-refractivity contribution in [3.8, 4) is 5.75 Å². The number of para-hydroxylation sites is 1. The van der Waals surface area contributed by atoms with Crippen molar-refractivity contribution in [1.29, 1.82) is 0 Å². The van der Waals surface area contributed by atoms with E-state index < -0.39 is 0 Å². The van der Waals surface area contributed by atoms with Gasteiger partial charge in [-0.25, -0.2) is 4.79 Å². The van der Waals surface area contributed by atoms with Crippen molar-refractivity contribution in [2.45, 2.75) is 6.54 Å². The smallest absolute Gasteiger partial charge is 0.326 e. The zero-order valence-electron chi connectivity index (χ0n) is 8.36. The van der Waals surface area contributed by atoms with E-state index in [1.165, 1.54) is 0 Å². The summed E-state index contributed by atoms with van der Waals surface area (Å²) < 4.78 is 6.45. The fraction of sp³-hybridized carbons (Fsp3) is 0.300. The standard InChI is InChI=1S/C10H12N2O3/c1-15-6-5-12-7-3-2-4-8(13)9(7)11-10(12)14/h2-4,13H,5-6H2,1H3,(H,11,14). The molecule has 15 heavy (non-hydrogen) atoms. The highest BCUT2D eigenvalue weighted by molar-refractivity contribution is 5.81. The topological polar surface area (TPSA) is 67.2 Å². The van der Waals surface area contributed by atoms with Gasteiger partial charge in [0.1, 0.15) is 11.3 Å². The van der Waals surface area contributed by atoms with Crippen LogP contribution in [0.15, 0.2) is 23.0 Å². The van der Waals surface area contributed by atoms with Crippen molar-refractivity contribution in [3.63, 3.8) is 0 Å². The molecule has 0 atom stereocenters. The summed E-state index contributed by atoms with van der Waals surface area (Å²) in [4.78, 5) is 14.1. The highest BCUT2D eigenvalue weighted by atomic mass is 16.5. The summed E-state index contributed by atoms with van der Waals surface area (Å²) in [7, 11) is 1.58. The summed E-state index contributed by atoms with van der Waals surface area (Å²) in [6.07, 6.45) is 0. The van der Waals surface area contributed by atoms with E-state index in [1.54, 1.807) is 29.9 Å². The number of phenolic OH excluding ortho intramolecular Hbond substituents is 1. The van der Waals surface area contributed by atoms with Gasteiger partial charge in [0, 0.05) is 7.11 Å². The Kier molecular flexibility index (Phi) is 2.47. The molecule has 0 amide bonds. The lowest BCUT2D eigenvalue weighted by Crippen LogP contribution is -2.18. The fourth-order valence-electron chi connectivity index (χ4n) is 1.57. The molecule has 0 bridgehead atoms. The first-order valence-corrected chi connectivity index (χ1v) is 4.63. The molecule has 2 N–H and O–H groups in total. The number of fused-ring (bicyclic) bond motifs is 1. The lowest BCUT2D eigenvalue weighted by Gasteiger charge is -2.01. The van der Waals surface area contributed by atoms with Gasteiger partial charge in [-0.2, -0.15) is 0 Å². The van der Waals surface area contributed by atoms with Gasteiger partial charge in [0.15, 0.2) is 0 Å². The molecule has 0 saturated carbocycles. The van der Waals surface area contributed by atoms with E-state index in [0.29, 0.717) is 24.2 Å². The maximum atomic E-state index is 11.5. The second-order valence-electron chi connectivity index (χ2n) is 3.25. The average Bonchev–Trinajstić information content (AvgIpc) is 2.54. The van der Waals surface area contributed by atoms with Gasteiger partial charge in [-0.1, -0.05) is 6.07 Å². The Morgan fingerprint density at radius 2 is 2.33 bits per heavy atom. The van der Waals surface area contributed by atoms with Crippen LogP contribution >= 0.6 is 0 Å². The lowest BCUT2D eigenvalue weighted by atomic mass is 10.3. The second kappa shape index (κ2) is 3.78. The molecule has 1 heterocycles. The summed E-state index contributed by atoms with van der Waals surface area (Å²) >= 11 is 0. The van der Waals surface area contributed by atoms with Gasteiger partial charge in [0.2, 0.25) is 0 Å². The lowest BCUT2D eigenvalue weighted by molar-refractivity contribution is 0.187. The highest BCUT2D eigenvalue weighted by Gasteiger charge is 2.08. The molecule has 5 heteroatoms. The van der Waals surface area contributed by atoms with Gasteiger partial charge in [-0.3, -0.25) is 4.57 Å². The van der Waals surface area contributed by atoms with Gasteiger partial charge in [0.25, 0.3) is 0 Å². The van der Waals surface area contributed by atoms with Crippen LogP contribution in [0.5, 0.6) is 5.75 Å². The maximum Gasteiger partial charge on any atom is 0.326 e. The number of aromatic nitrogens is 2. The van der Waals surface area contributed by atoms with Crippen LogP contribution in [0.25, 0.3) is 11.0 Å². The number of aromatic hydroxyl groups is 1. The zero-order chi connectivity index (χ0) is 10.8. The number of benzene rings is 1. The summed E-state index contributed by atoms with van der Waals surface area (Å²) in [6, 6.07) is 5.02. The predicted molar refractivity (Wildman–Crippen MR) is 56.1 cm³/mol. The normalized spacial score (nSPS) is 11.0. The maximum absolute atomic E-state index is 11.5. The third-order valence-electron chi connectivity index (χ3n) is 2.31. The first-order valence-electron chi connectivity index (χ1n) is 4.63. The van der Waals surface area contributed by atoms with Crippen LogP contribution in [0.1, 0.15) is 0 Å². The Bertz CT molecular complexity index is 527. The quantitative estimate of drug-likeness (QED) is 0.779. The average molecular weight is 208 g/mol. The zero-order valence-corrected chi connectivity index (χ0v) is 8.36. The number of hydrogen-bond acceptors (Lipinski definition) is 3. The molecular weight excluding hydrogens is 196 g/mol.